The molecule has 0 aromatic carbocycles. The van der Waals surface area contributed by atoms with E-state index >= 15 is 0 Å². The van der Waals surface area contributed by atoms with E-state index in [0.717, 1.165) is 0 Å². The Labute approximate surface area is 145 Å². The molecule has 6 nitrogen and oxygen atoms in total. The lowest BCUT2D eigenvalue weighted by atomic mass is 9.62. The Kier molecular flexibility index (Phi) is 2.60. The number of esters is 1. The molecule has 5 rings (SSSR count). The van der Waals surface area contributed by atoms with Crippen LogP contribution in [-0.2, 0) is 14.3 Å². The molecule has 4 bridgehead atoms. The number of carbonyl (C=O) groups excluding carboxylic acids is 1. The molecule has 7 unspecified atom stereocenters. The minimum absolute atomic E-state index is 0.132. The number of ether oxygens (including phenoxy) is 1. The molecular formula is C19H22O6. The molecule has 3 N–H and O–H groups in total. The molecule has 3 saturated carbocycles. The number of hydrogen-bond acceptors (Lipinski definition) is 5. The number of aliphatic carboxylic acids is 1. The van der Waals surface area contributed by atoms with E-state index in [1.54, 1.807) is 6.08 Å². The van der Waals surface area contributed by atoms with Crippen molar-refractivity contribution in [2.75, 3.05) is 6.61 Å². The molecule has 1 aliphatic heterocycles. The molecular weight excluding hydrogens is 324 g/mol. The van der Waals surface area contributed by atoms with Crippen LogP contribution in [0.5, 0.6) is 0 Å². The highest BCUT2D eigenvalue weighted by Crippen LogP contribution is 2.77. The summed E-state index contributed by atoms with van der Waals surface area (Å²) in [5.74, 6) is -3.05. The Balaban J connectivity index is 1.77. The van der Waals surface area contributed by atoms with E-state index in [1.807, 2.05) is 6.08 Å². The van der Waals surface area contributed by atoms with Crippen molar-refractivity contribution in [3.8, 4) is 0 Å². The predicted molar refractivity (Wildman–Crippen MR) is 85.2 cm³/mol. The van der Waals surface area contributed by atoms with Gasteiger partial charge in [-0.05, 0) is 36.7 Å². The maximum Gasteiger partial charge on any atom is 0.319 e. The number of aliphatic hydroxyl groups is 2. The standard InChI is InChI=1S/C19H22O6/c1-10-7-17-8-18(10,24)6-3-11(17)19-5-2-4-16(9-20,15(23)25-19)13(19)12(17)14(21)22/h2,4,11-13,20,24H,1,3,5-9H2,(H,21,22). The number of rotatable bonds is 2. The van der Waals surface area contributed by atoms with Gasteiger partial charge in [0, 0.05) is 18.3 Å². The maximum atomic E-state index is 12.7. The van der Waals surface area contributed by atoms with Crippen LogP contribution in [0.15, 0.2) is 24.3 Å². The third kappa shape index (κ3) is 1.40. The van der Waals surface area contributed by atoms with Gasteiger partial charge in [-0.15, -0.1) is 0 Å². The minimum atomic E-state index is -1.28. The Morgan fingerprint density at radius 3 is 2.88 bits per heavy atom. The summed E-state index contributed by atoms with van der Waals surface area (Å²) in [7, 11) is 0. The first-order valence-electron chi connectivity index (χ1n) is 8.91. The molecule has 4 fully saturated rings. The van der Waals surface area contributed by atoms with Crippen LogP contribution in [0.3, 0.4) is 0 Å². The Bertz CT molecular complexity index is 757. The number of carboxylic acids is 1. The van der Waals surface area contributed by atoms with Crippen LogP contribution in [0, 0.1) is 28.6 Å². The van der Waals surface area contributed by atoms with Crippen molar-refractivity contribution < 1.29 is 29.6 Å². The van der Waals surface area contributed by atoms with Crippen LogP contribution in [0.25, 0.3) is 0 Å². The average molecular weight is 346 g/mol. The van der Waals surface area contributed by atoms with Crippen molar-refractivity contribution in [3.63, 3.8) is 0 Å². The van der Waals surface area contributed by atoms with Crippen molar-refractivity contribution >= 4 is 11.9 Å². The summed E-state index contributed by atoms with van der Waals surface area (Å²) in [6, 6.07) is 0. The van der Waals surface area contributed by atoms with Gasteiger partial charge in [-0.2, -0.15) is 0 Å². The van der Waals surface area contributed by atoms with E-state index in [0.29, 0.717) is 37.7 Å². The second-order valence-electron chi connectivity index (χ2n) is 8.76. The van der Waals surface area contributed by atoms with Crippen LogP contribution in [0.2, 0.25) is 0 Å². The lowest BCUT2D eigenvalue weighted by molar-refractivity contribution is -0.163. The topological polar surface area (TPSA) is 104 Å². The Hall–Kier alpha value is -1.66. The van der Waals surface area contributed by atoms with Crippen molar-refractivity contribution in [2.45, 2.75) is 43.3 Å². The second kappa shape index (κ2) is 4.18. The summed E-state index contributed by atoms with van der Waals surface area (Å²) < 4.78 is 5.92. The zero-order chi connectivity index (χ0) is 17.8. The maximum absolute atomic E-state index is 12.7. The molecule has 7 atom stereocenters. The number of aliphatic hydroxyl groups excluding tert-OH is 1. The van der Waals surface area contributed by atoms with Crippen LogP contribution in [0.4, 0.5) is 0 Å². The fourth-order valence-corrected chi connectivity index (χ4v) is 7.28. The van der Waals surface area contributed by atoms with Crippen LogP contribution in [0.1, 0.15) is 32.1 Å². The molecule has 1 heterocycles. The minimum Gasteiger partial charge on any atom is -0.481 e. The van der Waals surface area contributed by atoms with Crippen LogP contribution in [-0.4, -0.2) is 45.1 Å². The molecule has 0 aromatic rings. The fraction of sp³-hybridized carbons (Fsp3) is 0.684. The van der Waals surface area contributed by atoms with Crippen molar-refractivity contribution in [1.82, 2.24) is 0 Å². The first-order chi connectivity index (χ1) is 11.8. The number of fused-ring (bicyclic) bond motifs is 1. The highest BCUT2D eigenvalue weighted by molar-refractivity contribution is 5.87. The molecule has 1 spiro atoms. The summed E-state index contributed by atoms with van der Waals surface area (Å²) in [5, 5.41) is 31.2. The lowest BCUT2D eigenvalue weighted by Crippen LogP contribution is -2.47. The van der Waals surface area contributed by atoms with Gasteiger partial charge in [-0.1, -0.05) is 18.7 Å². The van der Waals surface area contributed by atoms with Crippen molar-refractivity contribution in [1.29, 1.82) is 0 Å². The summed E-state index contributed by atoms with van der Waals surface area (Å²) in [5.41, 5.74) is -3.14. The van der Waals surface area contributed by atoms with E-state index in [9.17, 15) is 24.9 Å². The SMILES string of the molecule is C=C1CC23CC1(O)CCC2C12CC=CC(CO)(C(=O)O1)C2C3C(=O)O. The molecule has 5 aliphatic rings. The van der Waals surface area contributed by atoms with Gasteiger partial charge in [-0.3, -0.25) is 9.59 Å². The highest BCUT2D eigenvalue weighted by atomic mass is 16.6. The van der Waals surface area contributed by atoms with Gasteiger partial charge < -0.3 is 20.1 Å². The zero-order valence-electron chi connectivity index (χ0n) is 13.9. The number of carboxylic acid groups (broad SMARTS) is 1. The van der Waals surface area contributed by atoms with Gasteiger partial charge in [0.15, 0.2) is 0 Å². The highest BCUT2D eigenvalue weighted by Gasteiger charge is 2.83. The average Bonchev–Trinajstić information content (AvgIpc) is 2.95. The molecule has 4 aliphatic carbocycles. The summed E-state index contributed by atoms with van der Waals surface area (Å²) >= 11 is 0. The summed E-state index contributed by atoms with van der Waals surface area (Å²) in [6.07, 6.45) is 5.93. The van der Waals surface area contributed by atoms with Crippen LogP contribution >= 0.6 is 0 Å². The largest absolute Gasteiger partial charge is 0.481 e. The molecule has 25 heavy (non-hydrogen) atoms. The van der Waals surface area contributed by atoms with Gasteiger partial charge in [0.25, 0.3) is 0 Å². The fourth-order valence-electron chi connectivity index (χ4n) is 7.28. The molecule has 134 valence electrons. The quantitative estimate of drug-likeness (QED) is 0.510. The number of carbonyl (C=O) groups is 2. The molecule has 0 aromatic heterocycles. The monoisotopic (exact) mass is 346 g/mol. The molecule has 0 radical (unpaired) electrons. The third-order valence-corrected chi connectivity index (χ3v) is 8.03. The second-order valence-corrected chi connectivity index (χ2v) is 8.76. The van der Waals surface area contributed by atoms with E-state index in [2.05, 4.69) is 6.58 Å². The number of hydrogen-bond donors (Lipinski definition) is 3. The normalized spacial score (nSPS) is 55.0. The van der Waals surface area contributed by atoms with E-state index in [-0.39, 0.29) is 5.92 Å². The molecule has 6 heteroatoms. The zero-order valence-corrected chi connectivity index (χ0v) is 13.9. The van der Waals surface area contributed by atoms with Gasteiger partial charge in [0.05, 0.1) is 18.1 Å². The third-order valence-electron chi connectivity index (χ3n) is 8.03. The smallest absolute Gasteiger partial charge is 0.319 e. The first kappa shape index (κ1) is 15.6. The molecule has 1 saturated heterocycles. The van der Waals surface area contributed by atoms with Crippen molar-refractivity contribution in [3.05, 3.63) is 24.3 Å². The van der Waals surface area contributed by atoms with Gasteiger partial charge >= 0.3 is 11.9 Å². The van der Waals surface area contributed by atoms with E-state index in [1.165, 1.54) is 0 Å². The van der Waals surface area contributed by atoms with Gasteiger partial charge in [-0.25, -0.2) is 0 Å². The lowest BCUT2D eigenvalue weighted by Gasteiger charge is -2.45. The Morgan fingerprint density at radius 2 is 2.20 bits per heavy atom. The van der Waals surface area contributed by atoms with E-state index in [4.69, 9.17) is 4.74 Å². The van der Waals surface area contributed by atoms with E-state index < -0.39 is 52.4 Å². The summed E-state index contributed by atoms with van der Waals surface area (Å²) in [4.78, 5) is 25.1. The van der Waals surface area contributed by atoms with Gasteiger partial charge in [0.2, 0.25) is 0 Å². The molecule has 0 amide bonds. The summed E-state index contributed by atoms with van der Waals surface area (Å²) in [6.45, 7) is 3.58. The van der Waals surface area contributed by atoms with Crippen molar-refractivity contribution in [2.24, 2.45) is 28.6 Å². The van der Waals surface area contributed by atoms with Gasteiger partial charge in [0.1, 0.15) is 11.0 Å². The van der Waals surface area contributed by atoms with Crippen LogP contribution < -0.4 is 0 Å². The Morgan fingerprint density at radius 1 is 1.44 bits per heavy atom. The first-order valence-corrected chi connectivity index (χ1v) is 8.91. The predicted octanol–water partition coefficient (Wildman–Crippen LogP) is 1.03.